The Hall–Kier alpha value is -1.64. The van der Waals surface area contributed by atoms with Crippen LogP contribution in [0.5, 0.6) is 0 Å². The van der Waals surface area contributed by atoms with E-state index in [0.29, 0.717) is 12.2 Å². The fraction of sp³-hybridized carbons (Fsp3) is 0.400. The number of carbonyl (C=O) groups excluding carboxylic acids is 1. The average molecular weight is 414 g/mol. The van der Waals surface area contributed by atoms with Gasteiger partial charge in [0.2, 0.25) is 0 Å². The van der Waals surface area contributed by atoms with Gasteiger partial charge in [-0.3, -0.25) is 9.88 Å². The number of hydrogen-bond donors (Lipinski definition) is 0. The first-order valence-electron chi connectivity index (χ1n) is 6.84. The SMILES string of the molecule is Cn1ccnc1CN(C(=O)OC(C)(C)C)c1cnccc1I. The highest BCUT2D eigenvalue weighted by Gasteiger charge is 2.26. The number of carbonyl (C=O) groups is 1. The van der Waals surface area contributed by atoms with E-state index in [1.807, 2.05) is 44.6 Å². The second-order valence-electron chi connectivity index (χ2n) is 5.85. The lowest BCUT2D eigenvalue weighted by Crippen LogP contribution is -2.37. The zero-order valence-corrected chi connectivity index (χ0v) is 15.2. The Balaban J connectivity index is 2.35. The van der Waals surface area contributed by atoms with Gasteiger partial charge in [0.15, 0.2) is 0 Å². The fourth-order valence-electron chi connectivity index (χ4n) is 1.82. The van der Waals surface area contributed by atoms with Crippen LogP contribution in [0.1, 0.15) is 26.6 Å². The third-order valence-electron chi connectivity index (χ3n) is 2.87. The second-order valence-corrected chi connectivity index (χ2v) is 7.01. The first kappa shape index (κ1) is 16.7. The Bertz CT molecular complexity index is 664. The molecule has 6 nitrogen and oxygen atoms in total. The van der Waals surface area contributed by atoms with Gasteiger partial charge in [-0.2, -0.15) is 0 Å². The number of hydrogen-bond acceptors (Lipinski definition) is 4. The van der Waals surface area contributed by atoms with Gasteiger partial charge in [0.1, 0.15) is 11.4 Å². The van der Waals surface area contributed by atoms with Gasteiger partial charge in [0.05, 0.1) is 18.4 Å². The molecule has 0 atom stereocenters. The topological polar surface area (TPSA) is 60.2 Å². The van der Waals surface area contributed by atoms with Crippen LogP contribution in [-0.4, -0.2) is 26.2 Å². The molecule has 0 aliphatic rings. The number of ether oxygens (including phenoxy) is 1. The number of halogens is 1. The number of anilines is 1. The quantitative estimate of drug-likeness (QED) is 0.723. The molecule has 22 heavy (non-hydrogen) atoms. The molecule has 0 saturated heterocycles. The van der Waals surface area contributed by atoms with Crippen LogP contribution in [0.4, 0.5) is 10.5 Å². The molecule has 0 unspecified atom stereocenters. The Labute approximate surface area is 143 Å². The molecule has 0 N–H and O–H groups in total. The molecule has 0 aromatic carbocycles. The summed E-state index contributed by atoms with van der Waals surface area (Å²) in [6.07, 6.45) is 6.49. The molecule has 1 amide bonds. The average Bonchev–Trinajstić information content (AvgIpc) is 2.80. The summed E-state index contributed by atoms with van der Waals surface area (Å²) in [7, 11) is 1.89. The number of rotatable bonds is 3. The minimum Gasteiger partial charge on any atom is -0.443 e. The molecule has 2 aromatic rings. The number of pyridine rings is 1. The minimum absolute atomic E-state index is 0.320. The molecular formula is C15H19IN4O2. The van der Waals surface area contributed by atoms with Crippen molar-refractivity contribution in [3.8, 4) is 0 Å². The van der Waals surface area contributed by atoms with Crippen molar-refractivity contribution in [2.24, 2.45) is 7.05 Å². The van der Waals surface area contributed by atoms with Gasteiger partial charge < -0.3 is 9.30 Å². The molecular weight excluding hydrogens is 395 g/mol. The maximum atomic E-state index is 12.6. The molecule has 0 spiro atoms. The maximum absolute atomic E-state index is 12.6. The van der Waals surface area contributed by atoms with E-state index in [9.17, 15) is 4.79 Å². The Morgan fingerprint density at radius 2 is 2.14 bits per heavy atom. The lowest BCUT2D eigenvalue weighted by Gasteiger charge is -2.27. The summed E-state index contributed by atoms with van der Waals surface area (Å²) in [4.78, 5) is 22.5. The zero-order chi connectivity index (χ0) is 16.3. The van der Waals surface area contributed by atoms with Crippen LogP contribution in [0, 0.1) is 3.57 Å². The van der Waals surface area contributed by atoms with Crippen molar-refractivity contribution in [2.45, 2.75) is 32.9 Å². The number of nitrogens with zero attached hydrogens (tertiary/aromatic N) is 4. The van der Waals surface area contributed by atoms with Crippen LogP contribution in [0.15, 0.2) is 30.9 Å². The second kappa shape index (κ2) is 6.64. The predicted molar refractivity (Wildman–Crippen MR) is 92.6 cm³/mol. The molecule has 2 rings (SSSR count). The van der Waals surface area contributed by atoms with E-state index >= 15 is 0 Å². The molecule has 0 fully saturated rings. The molecule has 0 saturated carbocycles. The van der Waals surface area contributed by atoms with Gasteiger partial charge in [0, 0.05) is 29.2 Å². The van der Waals surface area contributed by atoms with E-state index in [2.05, 4.69) is 32.6 Å². The van der Waals surface area contributed by atoms with E-state index in [1.165, 1.54) is 0 Å². The summed E-state index contributed by atoms with van der Waals surface area (Å²) in [5.41, 5.74) is 0.144. The van der Waals surface area contributed by atoms with E-state index < -0.39 is 11.7 Å². The molecule has 0 aliphatic carbocycles. The van der Waals surface area contributed by atoms with E-state index in [1.54, 1.807) is 23.5 Å². The van der Waals surface area contributed by atoms with Gasteiger partial charge in [-0.05, 0) is 49.4 Å². The van der Waals surface area contributed by atoms with Crippen molar-refractivity contribution in [3.05, 3.63) is 40.2 Å². The lowest BCUT2D eigenvalue weighted by molar-refractivity contribution is 0.0576. The highest BCUT2D eigenvalue weighted by Crippen LogP contribution is 2.24. The summed E-state index contributed by atoms with van der Waals surface area (Å²) in [5, 5.41) is 0. The summed E-state index contributed by atoms with van der Waals surface area (Å²) in [6, 6.07) is 1.85. The normalized spacial score (nSPS) is 11.3. The van der Waals surface area contributed by atoms with Crippen molar-refractivity contribution < 1.29 is 9.53 Å². The van der Waals surface area contributed by atoms with Gasteiger partial charge in [0.25, 0.3) is 0 Å². The molecule has 7 heteroatoms. The maximum Gasteiger partial charge on any atom is 0.415 e. The minimum atomic E-state index is -0.565. The van der Waals surface area contributed by atoms with Gasteiger partial charge in [-0.1, -0.05) is 0 Å². The van der Waals surface area contributed by atoms with Gasteiger partial charge in [-0.15, -0.1) is 0 Å². The van der Waals surface area contributed by atoms with Crippen LogP contribution >= 0.6 is 22.6 Å². The van der Waals surface area contributed by atoms with Crippen LogP contribution in [0.3, 0.4) is 0 Å². The predicted octanol–water partition coefficient (Wildman–Crippen LogP) is 3.36. The standard InChI is InChI=1S/C15H19IN4O2/c1-15(2,3)22-14(21)20(10-13-18-7-8-19(13)4)12-9-17-6-5-11(12)16/h5-9H,10H2,1-4H3. The van der Waals surface area contributed by atoms with E-state index in [4.69, 9.17) is 4.74 Å². The van der Waals surface area contributed by atoms with Crippen molar-refractivity contribution in [1.82, 2.24) is 14.5 Å². The molecule has 0 aliphatic heterocycles. The van der Waals surface area contributed by atoms with Gasteiger partial charge in [-0.25, -0.2) is 9.78 Å². The monoisotopic (exact) mass is 414 g/mol. The van der Waals surface area contributed by atoms with Crippen molar-refractivity contribution >= 4 is 34.4 Å². The number of aryl methyl sites for hydroxylation is 1. The lowest BCUT2D eigenvalue weighted by atomic mass is 10.2. The third kappa shape index (κ3) is 4.19. The Kier molecular flexibility index (Phi) is 5.05. The highest BCUT2D eigenvalue weighted by molar-refractivity contribution is 14.1. The largest absolute Gasteiger partial charge is 0.443 e. The van der Waals surface area contributed by atoms with E-state index in [0.717, 1.165) is 9.39 Å². The first-order chi connectivity index (χ1) is 10.3. The van der Waals surface area contributed by atoms with Crippen LogP contribution in [0.2, 0.25) is 0 Å². The summed E-state index contributed by atoms with van der Waals surface area (Å²) < 4.78 is 8.32. The van der Waals surface area contributed by atoms with Crippen molar-refractivity contribution in [2.75, 3.05) is 4.90 Å². The van der Waals surface area contributed by atoms with Crippen LogP contribution in [-0.2, 0) is 18.3 Å². The van der Waals surface area contributed by atoms with Crippen molar-refractivity contribution in [1.29, 1.82) is 0 Å². The highest BCUT2D eigenvalue weighted by atomic mass is 127. The van der Waals surface area contributed by atoms with Crippen LogP contribution in [0.25, 0.3) is 0 Å². The third-order valence-corrected chi connectivity index (χ3v) is 3.79. The smallest absolute Gasteiger partial charge is 0.415 e. The van der Waals surface area contributed by atoms with E-state index in [-0.39, 0.29) is 0 Å². The Morgan fingerprint density at radius 3 is 2.68 bits per heavy atom. The summed E-state index contributed by atoms with van der Waals surface area (Å²) >= 11 is 2.18. The van der Waals surface area contributed by atoms with Crippen molar-refractivity contribution in [3.63, 3.8) is 0 Å². The van der Waals surface area contributed by atoms with Gasteiger partial charge >= 0.3 is 6.09 Å². The summed E-state index contributed by atoms with van der Waals surface area (Å²) in [5.74, 6) is 0.769. The molecule has 2 heterocycles. The number of aromatic nitrogens is 3. The number of imidazole rings is 1. The first-order valence-corrected chi connectivity index (χ1v) is 7.92. The fourth-order valence-corrected chi connectivity index (χ4v) is 2.41. The molecule has 2 aromatic heterocycles. The molecule has 0 radical (unpaired) electrons. The molecule has 118 valence electrons. The zero-order valence-electron chi connectivity index (χ0n) is 13.1. The summed E-state index contributed by atoms with van der Waals surface area (Å²) in [6.45, 7) is 5.86. The van der Waals surface area contributed by atoms with Crippen LogP contribution < -0.4 is 4.90 Å². The molecule has 0 bridgehead atoms. The number of amides is 1. The Morgan fingerprint density at radius 1 is 1.41 bits per heavy atom.